The maximum Gasteiger partial charge on any atom is 0.387 e. The van der Waals surface area contributed by atoms with Crippen LogP contribution >= 0.6 is 0 Å². The predicted octanol–water partition coefficient (Wildman–Crippen LogP) is 4.76. The molecule has 0 radical (unpaired) electrons. The lowest BCUT2D eigenvalue weighted by molar-refractivity contribution is -0.0505. The third kappa shape index (κ3) is 3.12. The first-order valence-electron chi connectivity index (χ1n) is 10.8. The summed E-state index contributed by atoms with van der Waals surface area (Å²) >= 11 is 0. The van der Waals surface area contributed by atoms with E-state index in [4.69, 9.17) is 4.74 Å². The van der Waals surface area contributed by atoms with Crippen molar-refractivity contribution in [3.8, 4) is 16.9 Å². The molecule has 6 rings (SSSR count). The molecule has 0 amide bonds. The second-order valence-corrected chi connectivity index (χ2v) is 9.08. The molecule has 2 aliphatic rings. The van der Waals surface area contributed by atoms with Gasteiger partial charge in [0.25, 0.3) is 0 Å². The number of nitrogens with one attached hydrogen (secondary N) is 1. The summed E-state index contributed by atoms with van der Waals surface area (Å²) in [4.78, 5) is 13.0. The van der Waals surface area contributed by atoms with Gasteiger partial charge < -0.3 is 19.6 Å². The van der Waals surface area contributed by atoms with Crippen LogP contribution in [0.1, 0.15) is 55.0 Å². The van der Waals surface area contributed by atoms with E-state index in [1.54, 1.807) is 30.5 Å². The molecule has 0 fully saturated rings. The summed E-state index contributed by atoms with van der Waals surface area (Å²) in [6.45, 7) is 0.193. The second-order valence-electron chi connectivity index (χ2n) is 9.08. The summed E-state index contributed by atoms with van der Waals surface area (Å²) in [5.41, 5.74) is 2.85. The highest BCUT2D eigenvalue weighted by Gasteiger charge is 2.43. The highest BCUT2D eigenvalue weighted by Crippen LogP contribution is 2.54. The fourth-order valence-corrected chi connectivity index (χ4v) is 4.96. The van der Waals surface area contributed by atoms with E-state index in [1.165, 1.54) is 24.5 Å². The van der Waals surface area contributed by atoms with Gasteiger partial charge in [-0.05, 0) is 32.4 Å². The Kier molecular flexibility index (Phi) is 4.41. The van der Waals surface area contributed by atoms with Gasteiger partial charge in [-0.2, -0.15) is 8.78 Å². The van der Waals surface area contributed by atoms with Gasteiger partial charge in [0.1, 0.15) is 22.8 Å². The molecule has 3 aromatic heterocycles. The third-order valence-electron chi connectivity index (χ3n) is 6.38. The second kappa shape index (κ2) is 7.17. The molecule has 1 aliphatic heterocycles. The number of hydrogen-bond acceptors (Lipinski definition) is 6. The van der Waals surface area contributed by atoms with E-state index >= 15 is 4.39 Å². The van der Waals surface area contributed by atoms with E-state index in [2.05, 4.69) is 20.3 Å². The number of halogens is 3. The zero-order valence-electron chi connectivity index (χ0n) is 18.3. The first-order valence-corrected chi connectivity index (χ1v) is 10.8. The average Bonchev–Trinajstić information content (AvgIpc) is 3.27. The van der Waals surface area contributed by atoms with Gasteiger partial charge in [0.15, 0.2) is 5.82 Å². The van der Waals surface area contributed by atoms with Crippen molar-refractivity contribution in [3.05, 3.63) is 71.4 Å². The van der Waals surface area contributed by atoms with Crippen LogP contribution in [0.5, 0.6) is 5.75 Å². The minimum Gasteiger partial charge on any atom is -0.434 e. The number of rotatable bonds is 4. The van der Waals surface area contributed by atoms with Crippen molar-refractivity contribution >= 4 is 11.3 Å². The summed E-state index contributed by atoms with van der Waals surface area (Å²) in [6, 6.07) is 6.26. The Morgan fingerprint density at radius 1 is 1.24 bits per heavy atom. The number of alkyl halides is 2. The van der Waals surface area contributed by atoms with Crippen LogP contribution in [0.25, 0.3) is 16.8 Å². The maximum atomic E-state index is 15.1. The highest BCUT2D eigenvalue weighted by atomic mass is 19.3. The number of aromatic nitrogens is 4. The van der Waals surface area contributed by atoms with Gasteiger partial charge in [-0.1, -0.05) is 6.07 Å². The number of fused-ring (bicyclic) bond motifs is 9. The van der Waals surface area contributed by atoms with Crippen LogP contribution in [0, 0.1) is 5.82 Å². The Morgan fingerprint density at radius 2 is 2.00 bits per heavy atom. The number of ether oxygens (including phenoxy) is 1. The lowest BCUT2D eigenvalue weighted by atomic mass is 9.90. The molecule has 0 saturated heterocycles. The molecule has 1 aliphatic carbocycles. The van der Waals surface area contributed by atoms with Crippen molar-refractivity contribution in [2.24, 2.45) is 0 Å². The van der Waals surface area contributed by atoms with Gasteiger partial charge in [0.05, 0.1) is 17.4 Å². The molecule has 1 aromatic carbocycles. The zero-order valence-corrected chi connectivity index (χ0v) is 18.3. The number of nitrogens with zero attached hydrogens (tertiary/aromatic N) is 4. The van der Waals surface area contributed by atoms with Crippen LogP contribution in [0.15, 0.2) is 42.9 Å². The summed E-state index contributed by atoms with van der Waals surface area (Å²) in [6.07, 6.45) is 5.19. The summed E-state index contributed by atoms with van der Waals surface area (Å²) in [5.74, 6) is -0.391. The molecule has 4 heterocycles. The minimum absolute atomic E-state index is 0.115. The Bertz CT molecular complexity index is 1430. The smallest absolute Gasteiger partial charge is 0.387 e. The largest absolute Gasteiger partial charge is 0.434 e. The van der Waals surface area contributed by atoms with Crippen LogP contribution in [0.4, 0.5) is 18.9 Å². The fraction of sp³-hybridized carbons (Fsp3) is 0.292. The van der Waals surface area contributed by atoms with Gasteiger partial charge in [0.2, 0.25) is 0 Å². The number of pyridine rings is 1. The Morgan fingerprint density at radius 3 is 2.71 bits per heavy atom. The van der Waals surface area contributed by atoms with Crippen molar-refractivity contribution < 1.29 is 23.0 Å². The van der Waals surface area contributed by atoms with Gasteiger partial charge in [0, 0.05) is 53.0 Å². The van der Waals surface area contributed by atoms with E-state index in [9.17, 15) is 13.9 Å². The summed E-state index contributed by atoms with van der Waals surface area (Å²) in [7, 11) is 0. The number of anilines is 1. The number of benzene rings is 1. The SMILES string of the molecule is CC(C)(O)c1ncc(-c2cn3c4c(nc3cc2F)[C@H]2C[C@@H]4c3c(cccc3OC(F)F)N2)cn1. The van der Waals surface area contributed by atoms with Gasteiger partial charge in [-0.3, -0.25) is 0 Å². The molecule has 10 heteroatoms. The van der Waals surface area contributed by atoms with Crippen LogP contribution in [-0.2, 0) is 5.60 Å². The Hall–Kier alpha value is -3.66. The van der Waals surface area contributed by atoms with Crippen molar-refractivity contribution in [2.75, 3.05) is 5.32 Å². The minimum atomic E-state index is -2.94. The molecule has 34 heavy (non-hydrogen) atoms. The molecule has 4 aromatic rings. The highest BCUT2D eigenvalue weighted by molar-refractivity contribution is 5.70. The van der Waals surface area contributed by atoms with Crippen LogP contribution in [-0.4, -0.2) is 31.1 Å². The van der Waals surface area contributed by atoms with E-state index < -0.39 is 18.0 Å². The van der Waals surface area contributed by atoms with Crippen LogP contribution in [0.2, 0.25) is 0 Å². The van der Waals surface area contributed by atoms with E-state index in [1.807, 2.05) is 6.07 Å². The van der Waals surface area contributed by atoms with Crippen LogP contribution in [0.3, 0.4) is 0 Å². The molecule has 174 valence electrons. The predicted molar refractivity (Wildman–Crippen MR) is 117 cm³/mol. The molecular formula is C24H20F3N5O2. The lowest BCUT2D eigenvalue weighted by Gasteiger charge is -2.27. The number of hydrogen-bond donors (Lipinski definition) is 2. The molecule has 2 atom stereocenters. The summed E-state index contributed by atoms with van der Waals surface area (Å²) in [5, 5.41) is 13.5. The van der Waals surface area contributed by atoms with Crippen molar-refractivity contribution in [1.82, 2.24) is 19.4 Å². The first kappa shape index (κ1) is 20.9. The number of aliphatic hydroxyl groups is 1. The zero-order chi connectivity index (χ0) is 23.8. The van der Waals surface area contributed by atoms with Gasteiger partial charge in [-0.25, -0.2) is 19.3 Å². The van der Waals surface area contributed by atoms with Gasteiger partial charge in [-0.15, -0.1) is 0 Å². The average molecular weight is 467 g/mol. The first-order chi connectivity index (χ1) is 16.2. The van der Waals surface area contributed by atoms with Crippen molar-refractivity contribution in [2.45, 2.75) is 44.4 Å². The maximum absolute atomic E-state index is 15.1. The third-order valence-corrected chi connectivity index (χ3v) is 6.38. The number of imidazole rings is 1. The van der Waals surface area contributed by atoms with Crippen molar-refractivity contribution in [1.29, 1.82) is 0 Å². The van der Waals surface area contributed by atoms with E-state index in [-0.39, 0.29) is 29.1 Å². The molecule has 2 bridgehead atoms. The molecule has 0 unspecified atom stereocenters. The molecule has 0 spiro atoms. The molecule has 7 nitrogen and oxygen atoms in total. The fourth-order valence-electron chi connectivity index (χ4n) is 4.96. The molecule has 2 N–H and O–H groups in total. The Balaban J connectivity index is 1.50. The normalized spacial score (nSPS) is 18.7. The summed E-state index contributed by atoms with van der Waals surface area (Å²) < 4.78 is 47.8. The monoisotopic (exact) mass is 467 g/mol. The van der Waals surface area contributed by atoms with E-state index in [0.29, 0.717) is 23.2 Å². The quantitative estimate of drug-likeness (QED) is 0.450. The van der Waals surface area contributed by atoms with E-state index in [0.717, 1.165) is 17.1 Å². The topological polar surface area (TPSA) is 84.6 Å². The molecular weight excluding hydrogens is 447 g/mol. The molecule has 0 saturated carbocycles. The lowest BCUT2D eigenvalue weighted by Crippen LogP contribution is -2.19. The van der Waals surface area contributed by atoms with Crippen LogP contribution < -0.4 is 10.1 Å². The van der Waals surface area contributed by atoms with Gasteiger partial charge >= 0.3 is 6.61 Å². The Labute approximate surface area is 192 Å². The standard InChI is InChI=1S/C24H20F3N5O2/c1-24(2,33)22-28-8-11(9-29-22)13-10-32-18(7-14(13)25)31-20-16-6-12(21(20)32)19-15(30-16)4-3-5-17(19)34-23(26)27/h3-5,7-10,12,16,23,30,33H,6H2,1-2H3/t12-,16-/m1/s1. The van der Waals surface area contributed by atoms with Crippen molar-refractivity contribution in [3.63, 3.8) is 0 Å².